The Bertz CT molecular complexity index is 868. The lowest BCUT2D eigenvalue weighted by Gasteiger charge is -2.10. The third-order valence-electron chi connectivity index (χ3n) is 3.91. The second-order valence-corrected chi connectivity index (χ2v) is 6.61. The summed E-state index contributed by atoms with van der Waals surface area (Å²) >= 11 is 1.60. The Kier molecular flexibility index (Phi) is 4.62. The molecule has 0 spiro atoms. The molecule has 3 rings (SSSR count). The highest BCUT2D eigenvalue weighted by Gasteiger charge is 2.07. The van der Waals surface area contributed by atoms with E-state index in [-0.39, 0.29) is 5.91 Å². The molecule has 24 heavy (non-hydrogen) atoms. The van der Waals surface area contributed by atoms with Crippen molar-refractivity contribution in [2.45, 2.75) is 20.8 Å². The van der Waals surface area contributed by atoms with Gasteiger partial charge in [0.15, 0.2) is 0 Å². The molecule has 0 unspecified atom stereocenters. The van der Waals surface area contributed by atoms with Gasteiger partial charge in [-0.15, -0.1) is 11.3 Å². The summed E-state index contributed by atoms with van der Waals surface area (Å²) in [6, 6.07) is 13.7. The first-order valence-corrected chi connectivity index (χ1v) is 8.57. The first-order chi connectivity index (χ1) is 11.6. The summed E-state index contributed by atoms with van der Waals surface area (Å²) in [7, 11) is 0. The minimum absolute atomic E-state index is 0.215. The van der Waals surface area contributed by atoms with Gasteiger partial charge in [0.05, 0.1) is 6.21 Å². The molecule has 4 nitrogen and oxygen atoms in total. The number of thiophene rings is 1. The van der Waals surface area contributed by atoms with Gasteiger partial charge in [-0.2, -0.15) is 5.10 Å². The monoisotopic (exact) mass is 337 g/mol. The maximum absolute atomic E-state index is 12.2. The summed E-state index contributed by atoms with van der Waals surface area (Å²) in [6.45, 7) is 6.15. The van der Waals surface area contributed by atoms with Crippen LogP contribution in [0.3, 0.4) is 0 Å². The number of rotatable bonds is 4. The van der Waals surface area contributed by atoms with E-state index >= 15 is 0 Å². The number of carbonyl (C=O) groups excluding carboxylic acids is 1. The Morgan fingerprint density at radius 1 is 1.04 bits per heavy atom. The number of nitrogens with zero attached hydrogens (tertiary/aromatic N) is 2. The van der Waals surface area contributed by atoms with E-state index < -0.39 is 0 Å². The van der Waals surface area contributed by atoms with E-state index in [0.29, 0.717) is 5.56 Å². The van der Waals surface area contributed by atoms with Gasteiger partial charge in [0, 0.05) is 27.5 Å². The Labute approximate surface area is 145 Å². The van der Waals surface area contributed by atoms with Crippen molar-refractivity contribution in [3.05, 3.63) is 75.2 Å². The highest BCUT2D eigenvalue weighted by atomic mass is 32.1. The minimum Gasteiger partial charge on any atom is -0.319 e. The molecule has 2 heterocycles. The summed E-state index contributed by atoms with van der Waals surface area (Å²) in [6.07, 6.45) is 1.68. The largest absolute Gasteiger partial charge is 0.319 e. The third-order valence-corrected chi connectivity index (χ3v) is 4.86. The molecule has 1 aromatic carbocycles. The van der Waals surface area contributed by atoms with Gasteiger partial charge < -0.3 is 4.57 Å². The van der Waals surface area contributed by atoms with Crippen molar-refractivity contribution >= 4 is 23.5 Å². The predicted octanol–water partition coefficient (Wildman–Crippen LogP) is 4.23. The number of aromatic nitrogens is 1. The second-order valence-electron chi connectivity index (χ2n) is 5.67. The average Bonchev–Trinajstić information content (AvgIpc) is 3.13. The van der Waals surface area contributed by atoms with Crippen LogP contribution in [-0.4, -0.2) is 16.7 Å². The number of hydrogen-bond donors (Lipinski definition) is 1. The highest BCUT2D eigenvalue weighted by molar-refractivity contribution is 7.11. The Morgan fingerprint density at radius 3 is 2.29 bits per heavy atom. The molecule has 0 saturated carbocycles. The van der Waals surface area contributed by atoms with Gasteiger partial charge in [-0.1, -0.05) is 0 Å². The number of aryl methyl sites for hydroxylation is 3. The van der Waals surface area contributed by atoms with Crippen molar-refractivity contribution in [1.29, 1.82) is 0 Å². The topological polar surface area (TPSA) is 46.4 Å². The van der Waals surface area contributed by atoms with E-state index in [0.717, 1.165) is 16.1 Å². The fraction of sp³-hybridized carbons (Fsp3) is 0.158. The predicted molar refractivity (Wildman–Crippen MR) is 99.4 cm³/mol. The lowest BCUT2D eigenvalue weighted by Crippen LogP contribution is -2.17. The molecule has 122 valence electrons. The van der Waals surface area contributed by atoms with Crippen molar-refractivity contribution < 1.29 is 4.79 Å². The van der Waals surface area contributed by atoms with E-state index in [1.165, 1.54) is 11.4 Å². The van der Waals surface area contributed by atoms with Crippen molar-refractivity contribution in [2.75, 3.05) is 0 Å². The summed E-state index contributed by atoms with van der Waals surface area (Å²) < 4.78 is 2.15. The zero-order valence-electron chi connectivity index (χ0n) is 13.9. The van der Waals surface area contributed by atoms with Crippen LogP contribution < -0.4 is 5.43 Å². The summed E-state index contributed by atoms with van der Waals surface area (Å²) in [5.41, 5.74) is 7.69. The van der Waals surface area contributed by atoms with Gasteiger partial charge in [0.1, 0.15) is 0 Å². The number of amides is 1. The van der Waals surface area contributed by atoms with E-state index in [2.05, 4.69) is 41.1 Å². The van der Waals surface area contributed by atoms with Gasteiger partial charge in [-0.3, -0.25) is 4.79 Å². The van der Waals surface area contributed by atoms with E-state index in [4.69, 9.17) is 0 Å². The third kappa shape index (κ3) is 3.31. The Hall–Kier alpha value is -2.66. The van der Waals surface area contributed by atoms with Gasteiger partial charge in [-0.25, -0.2) is 5.43 Å². The van der Waals surface area contributed by atoms with Crippen LogP contribution in [0.2, 0.25) is 0 Å². The Morgan fingerprint density at radius 2 is 1.71 bits per heavy atom. The van der Waals surface area contributed by atoms with E-state index in [9.17, 15) is 4.79 Å². The lowest BCUT2D eigenvalue weighted by molar-refractivity contribution is 0.0955. The van der Waals surface area contributed by atoms with Gasteiger partial charge >= 0.3 is 0 Å². The van der Waals surface area contributed by atoms with Crippen LogP contribution in [0.4, 0.5) is 0 Å². The molecule has 0 aliphatic rings. The maximum Gasteiger partial charge on any atom is 0.271 e. The Balaban J connectivity index is 1.70. The van der Waals surface area contributed by atoms with Crippen LogP contribution in [0.25, 0.3) is 5.69 Å². The molecule has 0 radical (unpaired) electrons. The first-order valence-electron chi connectivity index (χ1n) is 7.69. The van der Waals surface area contributed by atoms with Crippen LogP contribution in [0.15, 0.2) is 52.9 Å². The van der Waals surface area contributed by atoms with Crippen LogP contribution in [0.1, 0.15) is 32.2 Å². The molecular formula is C19H19N3OS. The second kappa shape index (κ2) is 6.84. The molecule has 0 aliphatic carbocycles. The number of nitrogens with one attached hydrogen (secondary N) is 1. The number of hydrogen-bond acceptors (Lipinski definition) is 3. The SMILES string of the molecule is Cc1ccsc1/C=N\NC(=O)c1ccc(-n2c(C)ccc2C)cc1. The summed E-state index contributed by atoms with van der Waals surface area (Å²) in [5.74, 6) is -0.215. The molecular weight excluding hydrogens is 318 g/mol. The maximum atomic E-state index is 12.2. The van der Waals surface area contributed by atoms with Crippen LogP contribution in [-0.2, 0) is 0 Å². The molecule has 1 amide bonds. The molecule has 2 aromatic heterocycles. The molecule has 5 heteroatoms. The average molecular weight is 337 g/mol. The van der Waals surface area contributed by atoms with Gasteiger partial charge in [-0.05, 0) is 74.2 Å². The standard InChI is InChI=1S/C19H19N3OS/c1-13-10-11-24-18(13)12-20-21-19(23)16-6-8-17(9-7-16)22-14(2)4-5-15(22)3/h4-12H,1-3H3,(H,21,23)/b20-12-. The van der Waals surface area contributed by atoms with E-state index in [1.54, 1.807) is 17.6 Å². The zero-order valence-corrected chi connectivity index (χ0v) is 14.7. The first kappa shape index (κ1) is 16.2. The molecule has 0 atom stereocenters. The number of carbonyl (C=O) groups is 1. The van der Waals surface area contributed by atoms with E-state index in [1.807, 2.05) is 42.6 Å². The normalized spacial score (nSPS) is 11.1. The van der Waals surface area contributed by atoms with Crippen molar-refractivity contribution in [3.63, 3.8) is 0 Å². The lowest BCUT2D eigenvalue weighted by atomic mass is 10.2. The fourth-order valence-corrected chi connectivity index (χ4v) is 3.35. The molecule has 0 bridgehead atoms. The minimum atomic E-state index is -0.215. The van der Waals surface area contributed by atoms with Crippen molar-refractivity contribution in [3.8, 4) is 5.69 Å². The number of benzene rings is 1. The summed E-state index contributed by atoms with van der Waals surface area (Å²) in [4.78, 5) is 13.2. The molecule has 0 aliphatic heterocycles. The molecule has 3 aromatic rings. The highest BCUT2D eigenvalue weighted by Crippen LogP contribution is 2.17. The summed E-state index contributed by atoms with van der Waals surface area (Å²) in [5, 5.41) is 6.03. The van der Waals surface area contributed by atoms with Crippen LogP contribution >= 0.6 is 11.3 Å². The number of hydrazone groups is 1. The van der Waals surface area contributed by atoms with Crippen LogP contribution in [0.5, 0.6) is 0 Å². The molecule has 1 N–H and O–H groups in total. The smallest absolute Gasteiger partial charge is 0.271 e. The zero-order chi connectivity index (χ0) is 17.1. The van der Waals surface area contributed by atoms with Gasteiger partial charge in [0.2, 0.25) is 0 Å². The fourth-order valence-electron chi connectivity index (χ4n) is 2.57. The van der Waals surface area contributed by atoms with Crippen molar-refractivity contribution in [2.24, 2.45) is 5.10 Å². The molecule has 0 fully saturated rings. The quantitative estimate of drug-likeness (QED) is 0.562. The van der Waals surface area contributed by atoms with Crippen molar-refractivity contribution in [1.82, 2.24) is 9.99 Å². The van der Waals surface area contributed by atoms with Gasteiger partial charge in [0.25, 0.3) is 5.91 Å². The molecule has 0 saturated heterocycles. The van der Waals surface area contributed by atoms with Crippen LogP contribution in [0, 0.1) is 20.8 Å².